The molecule has 36 heavy (non-hydrogen) atoms. The average Bonchev–Trinajstić information content (AvgIpc) is 3.42. The quantitative estimate of drug-likeness (QED) is 0.305. The highest BCUT2D eigenvalue weighted by Gasteiger charge is 2.31. The van der Waals surface area contributed by atoms with Crippen LogP contribution in [0.4, 0.5) is 0 Å². The number of aryl methyl sites for hydroxylation is 1. The molecule has 0 aliphatic rings. The van der Waals surface area contributed by atoms with Gasteiger partial charge < -0.3 is 15.0 Å². The van der Waals surface area contributed by atoms with Crippen molar-refractivity contribution in [1.82, 2.24) is 10.2 Å². The fourth-order valence-corrected chi connectivity index (χ4v) is 4.71. The van der Waals surface area contributed by atoms with Crippen LogP contribution in [0.1, 0.15) is 33.2 Å². The molecule has 1 atom stereocenters. The Balaban J connectivity index is 1.67. The number of methoxy groups -OCH3 is 1. The standard InChI is InChI=1S/C30H30N2O3S/c1-22-10-14-25(15-11-22)29(30(34)31-20-23-7-4-3-5-8-23)32(28(33)19-27-9-6-18-36-27)21-24-12-16-26(35-2)17-13-24/h3-18,29H,19-21H2,1-2H3,(H,31,34). The number of nitrogens with one attached hydrogen (secondary N) is 1. The zero-order chi connectivity index (χ0) is 25.3. The van der Waals surface area contributed by atoms with Crippen LogP contribution in [-0.2, 0) is 29.1 Å². The van der Waals surface area contributed by atoms with E-state index in [1.807, 2.05) is 103 Å². The molecular formula is C30H30N2O3S. The van der Waals surface area contributed by atoms with Crippen LogP contribution in [-0.4, -0.2) is 23.8 Å². The Labute approximate surface area is 216 Å². The Morgan fingerprint density at radius 1 is 0.889 bits per heavy atom. The highest BCUT2D eigenvalue weighted by atomic mass is 32.1. The highest BCUT2D eigenvalue weighted by molar-refractivity contribution is 7.10. The molecule has 0 bridgehead atoms. The van der Waals surface area contributed by atoms with Crippen LogP contribution >= 0.6 is 11.3 Å². The lowest BCUT2D eigenvalue weighted by Crippen LogP contribution is -2.43. The molecule has 4 aromatic rings. The fraction of sp³-hybridized carbons (Fsp3) is 0.200. The third kappa shape index (κ3) is 6.61. The number of amides is 2. The molecule has 0 aliphatic carbocycles. The first-order chi connectivity index (χ1) is 17.5. The van der Waals surface area contributed by atoms with Gasteiger partial charge in [0.2, 0.25) is 11.8 Å². The van der Waals surface area contributed by atoms with Gasteiger partial charge in [-0.2, -0.15) is 0 Å². The van der Waals surface area contributed by atoms with Gasteiger partial charge in [0.1, 0.15) is 11.8 Å². The van der Waals surface area contributed by atoms with Crippen LogP contribution in [0.25, 0.3) is 0 Å². The van der Waals surface area contributed by atoms with E-state index in [4.69, 9.17) is 4.74 Å². The van der Waals surface area contributed by atoms with Crippen LogP contribution in [0.3, 0.4) is 0 Å². The van der Waals surface area contributed by atoms with E-state index >= 15 is 0 Å². The summed E-state index contributed by atoms with van der Waals surface area (Å²) < 4.78 is 5.29. The average molecular weight is 499 g/mol. The number of carbonyl (C=O) groups is 2. The summed E-state index contributed by atoms with van der Waals surface area (Å²) in [7, 11) is 1.62. The van der Waals surface area contributed by atoms with E-state index in [0.717, 1.165) is 32.9 Å². The number of benzene rings is 3. The summed E-state index contributed by atoms with van der Waals surface area (Å²) >= 11 is 1.54. The molecule has 0 saturated carbocycles. The second-order valence-electron chi connectivity index (χ2n) is 8.64. The van der Waals surface area contributed by atoms with Gasteiger partial charge in [-0.05, 0) is 47.2 Å². The second-order valence-corrected chi connectivity index (χ2v) is 9.67. The lowest BCUT2D eigenvalue weighted by atomic mass is 10.0. The summed E-state index contributed by atoms with van der Waals surface area (Å²) in [5.41, 5.74) is 3.79. The molecule has 2 amide bonds. The highest BCUT2D eigenvalue weighted by Crippen LogP contribution is 2.27. The van der Waals surface area contributed by atoms with Crippen molar-refractivity contribution >= 4 is 23.2 Å². The number of nitrogens with zero attached hydrogens (tertiary/aromatic N) is 1. The Morgan fingerprint density at radius 3 is 2.25 bits per heavy atom. The van der Waals surface area contributed by atoms with E-state index in [0.29, 0.717) is 13.1 Å². The summed E-state index contributed by atoms with van der Waals surface area (Å²) in [6.07, 6.45) is 0.238. The molecular weight excluding hydrogens is 468 g/mol. The third-order valence-corrected chi connectivity index (χ3v) is 6.88. The summed E-state index contributed by atoms with van der Waals surface area (Å²) in [6.45, 7) is 2.69. The van der Waals surface area contributed by atoms with Crippen molar-refractivity contribution in [1.29, 1.82) is 0 Å². The second kappa shape index (κ2) is 12.2. The maximum absolute atomic E-state index is 13.7. The summed E-state index contributed by atoms with van der Waals surface area (Å²) in [4.78, 5) is 30.1. The minimum absolute atomic E-state index is 0.103. The first-order valence-corrected chi connectivity index (χ1v) is 12.7. The smallest absolute Gasteiger partial charge is 0.247 e. The molecule has 1 unspecified atom stereocenters. The van der Waals surface area contributed by atoms with Gasteiger partial charge in [-0.25, -0.2) is 0 Å². The first kappa shape index (κ1) is 25.2. The summed E-state index contributed by atoms with van der Waals surface area (Å²) in [5.74, 6) is 0.426. The molecule has 3 aromatic carbocycles. The summed E-state index contributed by atoms with van der Waals surface area (Å²) in [5, 5.41) is 5.02. The van der Waals surface area contributed by atoms with Crippen molar-refractivity contribution in [3.8, 4) is 5.75 Å². The molecule has 0 radical (unpaired) electrons. The fourth-order valence-electron chi connectivity index (χ4n) is 4.02. The Morgan fingerprint density at radius 2 is 1.61 bits per heavy atom. The van der Waals surface area contributed by atoms with Crippen molar-refractivity contribution in [2.24, 2.45) is 0 Å². The normalized spacial score (nSPS) is 11.5. The topological polar surface area (TPSA) is 58.6 Å². The maximum Gasteiger partial charge on any atom is 0.247 e. The molecule has 0 fully saturated rings. The molecule has 5 nitrogen and oxygen atoms in total. The van der Waals surface area contributed by atoms with Gasteiger partial charge in [0.15, 0.2) is 0 Å². The van der Waals surface area contributed by atoms with Crippen molar-refractivity contribution in [3.63, 3.8) is 0 Å². The lowest BCUT2D eigenvalue weighted by molar-refractivity contribution is -0.141. The molecule has 4 rings (SSSR count). The van der Waals surface area contributed by atoms with Gasteiger partial charge in [-0.3, -0.25) is 9.59 Å². The van der Waals surface area contributed by atoms with E-state index < -0.39 is 6.04 Å². The van der Waals surface area contributed by atoms with Crippen molar-refractivity contribution in [3.05, 3.63) is 124 Å². The first-order valence-electron chi connectivity index (χ1n) is 11.9. The zero-order valence-electron chi connectivity index (χ0n) is 20.5. The van der Waals surface area contributed by atoms with Gasteiger partial charge in [0, 0.05) is 18.0 Å². The molecule has 6 heteroatoms. The molecule has 0 saturated heterocycles. The molecule has 1 heterocycles. The van der Waals surface area contributed by atoms with Crippen LogP contribution < -0.4 is 10.1 Å². The van der Waals surface area contributed by atoms with E-state index in [-0.39, 0.29) is 18.2 Å². The number of carbonyl (C=O) groups excluding carboxylic acids is 2. The van der Waals surface area contributed by atoms with Crippen LogP contribution in [0, 0.1) is 6.92 Å². The minimum Gasteiger partial charge on any atom is -0.497 e. The maximum atomic E-state index is 13.7. The number of ether oxygens (including phenoxy) is 1. The monoisotopic (exact) mass is 498 g/mol. The Kier molecular flexibility index (Phi) is 8.53. The lowest BCUT2D eigenvalue weighted by Gasteiger charge is -2.32. The molecule has 1 N–H and O–H groups in total. The number of hydrogen-bond donors (Lipinski definition) is 1. The third-order valence-electron chi connectivity index (χ3n) is 6.00. The van der Waals surface area contributed by atoms with Crippen LogP contribution in [0.2, 0.25) is 0 Å². The van der Waals surface area contributed by atoms with Gasteiger partial charge in [0.25, 0.3) is 0 Å². The molecule has 0 spiro atoms. The van der Waals surface area contributed by atoms with Crippen molar-refractivity contribution < 1.29 is 14.3 Å². The molecule has 0 aliphatic heterocycles. The van der Waals surface area contributed by atoms with E-state index in [9.17, 15) is 9.59 Å². The van der Waals surface area contributed by atoms with Gasteiger partial charge in [-0.1, -0.05) is 78.4 Å². The van der Waals surface area contributed by atoms with Gasteiger partial charge in [0.05, 0.1) is 13.5 Å². The SMILES string of the molecule is COc1ccc(CN(C(=O)Cc2cccs2)C(C(=O)NCc2ccccc2)c2ccc(C)cc2)cc1. The van der Waals surface area contributed by atoms with Crippen LogP contribution in [0.15, 0.2) is 96.4 Å². The van der Waals surface area contributed by atoms with E-state index in [1.165, 1.54) is 0 Å². The van der Waals surface area contributed by atoms with Crippen LogP contribution in [0.5, 0.6) is 5.75 Å². The Hall–Kier alpha value is -3.90. The zero-order valence-corrected chi connectivity index (χ0v) is 21.3. The van der Waals surface area contributed by atoms with Crippen molar-refractivity contribution in [2.75, 3.05) is 7.11 Å². The minimum atomic E-state index is -0.774. The molecule has 1 aromatic heterocycles. The Bertz CT molecular complexity index is 1250. The summed E-state index contributed by atoms with van der Waals surface area (Å²) in [6, 6.07) is 28.3. The van der Waals surface area contributed by atoms with Gasteiger partial charge in [-0.15, -0.1) is 11.3 Å². The van der Waals surface area contributed by atoms with E-state index in [2.05, 4.69) is 5.32 Å². The predicted molar refractivity (Wildman–Crippen MR) is 144 cm³/mol. The van der Waals surface area contributed by atoms with Crippen molar-refractivity contribution in [2.45, 2.75) is 32.5 Å². The number of thiophene rings is 1. The largest absolute Gasteiger partial charge is 0.497 e. The predicted octanol–water partition coefficient (Wildman–Crippen LogP) is 5.69. The van der Waals surface area contributed by atoms with E-state index in [1.54, 1.807) is 23.3 Å². The number of hydrogen-bond acceptors (Lipinski definition) is 4. The van der Waals surface area contributed by atoms with Gasteiger partial charge >= 0.3 is 0 Å². The number of rotatable bonds is 10. The molecule has 184 valence electrons.